The van der Waals surface area contributed by atoms with Gasteiger partial charge in [0, 0.05) is 16.1 Å². The molecule has 0 saturated carbocycles. The molecular formula is C15H23BrFN. The monoisotopic (exact) mass is 315 g/mol. The van der Waals surface area contributed by atoms with E-state index in [0.717, 1.165) is 17.3 Å². The lowest BCUT2D eigenvalue weighted by molar-refractivity contribution is 0.523. The number of hydrogen-bond acceptors (Lipinski definition) is 1. The van der Waals surface area contributed by atoms with E-state index in [0.29, 0.717) is 5.56 Å². The molecule has 1 atom stereocenters. The normalized spacial score (nSPS) is 12.7. The van der Waals surface area contributed by atoms with Crippen LogP contribution in [0.3, 0.4) is 0 Å². The minimum Gasteiger partial charge on any atom is -0.324 e. The van der Waals surface area contributed by atoms with Crippen molar-refractivity contribution in [1.29, 1.82) is 0 Å². The Morgan fingerprint density at radius 1 is 1.17 bits per heavy atom. The maximum Gasteiger partial charge on any atom is 0.129 e. The summed E-state index contributed by atoms with van der Waals surface area (Å²) in [6, 6.07) is 4.93. The van der Waals surface area contributed by atoms with Gasteiger partial charge in [-0.15, -0.1) is 0 Å². The lowest BCUT2D eigenvalue weighted by Gasteiger charge is -2.13. The molecule has 1 nitrogen and oxygen atoms in total. The number of hydrogen-bond donors (Lipinski definition) is 1. The summed E-state index contributed by atoms with van der Waals surface area (Å²) in [5, 5.41) is 0. The highest BCUT2D eigenvalue weighted by Gasteiger charge is 2.11. The quantitative estimate of drug-likeness (QED) is 0.644. The summed E-state index contributed by atoms with van der Waals surface area (Å²) in [4.78, 5) is 0. The number of nitrogens with two attached hydrogens (primary N) is 1. The molecule has 0 aliphatic heterocycles. The van der Waals surface area contributed by atoms with Crippen LogP contribution in [0.15, 0.2) is 22.7 Å². The molecule has 0 aromatic heterocycles. The van der Waals surface area contributed by atoms with Crippen molar-refractivity contribution >= 4 is 15.9 Å². The summed E-state index contributed by atoms with van der Waals surface area (Å²) >= 11 is 3.25. The van der Waals surface area contributed by atoms with Crippen LogP contribution in [0, 0.1) is 5.82 Å². The Kier molecular flexibility index (Phi) is 7.52. The van der Waals surface area contributed by atoms with Crippen molar-refractivity contribution in [1.82, 2.24) is 0 Å². The van der Waals surface area contributed by atoms with Crippen LogP contribution in [0.2, 0.25) is 0 Å². The lowest BCUT2D eigenvalue weighted by atomic mass is 10.00. The van der Waals surface area contributed by atoms with Gasteiger partial charge < -0.3 is 5.73 Å². The summed E-state index contributed by atoms with van der Waals surface area (Å²) in [7, 11) is 0. The predicted molar refractivity (Wildman–Crippen MR) is 79.0 cm³/mol. The maximum absolute atomic E-state index is 13.7. The van der Waals surface area contributed by atoms with Crippen LogP contribution in [0.4, 0.5) is 4.39 Å². The van der Waals surface area contributed by atoms with Gasteiger partial charge in [-0.3, -0.25) is 0 Å². The Bertz CT molecular complexity index is 354. The molecular weight excluding hydrogens is 293 g/mol. The van der Waals surface area contributed by atoms with E-state index in [1.807, 2.05) is 6.07 Å². The van der Waals surface area contributed by atoms with Crippen LogP contribution in [-0.4, -0.2) is 0 Å². The van der Waals surface area contributed by atoms with Gasteiger partial charge in [0.25, 0.3) is 0 Å². The molecule has 1 rings (SSSR count). The summed E-state index contributed by atoms with van der Waals surface area (Å²) in [6.45, 7) is 2.21. The van der Waals surface area contributed by atoms with Crippen LogP contribution in [-0.2, 0) is 0 Å². The van der Waals surface area contributed by atoms with Gasteiger partial charge in [-0.25, -0.2) is 4.39 Å². The molecule has 0 fully saturated rings. The predicted octanol–water partition coefficient (Wildman–Crippen LogP) is 5.34. The van der Waals surface area contributed by atoms with Gasteiger partial charge in [-0.2, -0.15) is 0 Å². The number of rotatable bonds is 8. The van der Waals surface area contributed by atoms with Gasteiger partial charge in [-0.1, -0.05) is 67.4 Å². The molecule has 2 N–H and O–H groups in total. The Hall–Kier alpha value is -0.410. The van der Waals surface area contributed by atoms with Crippen molar-refractivity contribution in [3.05, 3.63) is 34.1 Å². The van der Waals surface area contributed by atoms with E-state index in [2.05, 4.69) is 22.9 Å². The molecule has 0 radical (unpaired) electrons. The minimum atomic E-state index is -0.206. The van der Waals surface area contributed by atoms with Crippen molar-refractivity contribution in [3.8, 4) is 0 Å². The lowest BCUT2D eigenvalue weighted by Crippen LogP contribution is -2.12. The molecule has 0 aliphatic carbocycles. The fourth-order valence-electron chi connectivity index (χ4n) is 2.10. The van der Waals surface area contributed by atoms with E-state index in [1.54, 1.807) is 6.07 Å². The third kappa shape index (κ3) is 5.49. The SMILES string of the molecule is CCCCCCCCC(N)c1ccc(Br)cc1F. The largest absolute Gasteiger partial charge is 0.324 e. The number of benzene rings is 1. The second kappa shape index (κ2) is 8.65. The first-order valence-electron chi connectivity index (χ1n) is 6.85. The summed E-state index contributed by atoms with van der Waals surface area (Å²) in [5.74, 6) is -0.206. The van der Waals surface area contributed by atoms with Gasteiger partial charge in [0.15, 0.2) is 0 Å². The van der Waals surface area contributed by atoms with E-state index in [4.69, 9.17) is 5.73 Å². The first kappa shape index (κ1) is 15.6. The fraction of sp³-hybridized carbons (Fsp3) is 0.600. The second-order valence-electron chi connectivity index (χ2n) is 4.83. The Morgan fingerprint density at radius 3 is 2.50 bits per heavy atom. The summed E-state index contributed by atoms with van der Waals surface area (Å²) < 4.78 is 14.4. The zero-order chi connectivity index (χ0) is 13.4. The molecule has 18 heavy (non-hydrogen) atoms. The van der Waals surface area contributed by atoms with E-state index >= 15 is 0 Å². The van der Waals surface area contributed by atoms with Crippen LogP contribution in [0.5, 0.6) is 0 Å². The Labute approximate surface area is 118 Å². The summed E-state index contributed by atoms with van der Waals surface area (Å²) in [5.41, 5.74) is 6.66. The Morgan fingerprint density at radius 2 is 1.83 bits per heavy atom. The van der Waals surface area contributed by atoms with Crippen molar-refractivity contribution in [2.45, 2.75) is 57.9 Å². The van der Waals surface area contributed by atoms with Crippen LogP contribution in [0.1, 0.15) is 63.5 Å². The molecule has 3 heteroatoms. The van der Waals surface area contributed by atoms with Gasteiger partial charge in [0.1, 0.15) is 5.82 Å². The molecule has 1 unspecified atom stereocenters. The van der Waals surface area contributed by atoms with E-state index < -0.39 is 0 Å². The molecule has 0 aliphatic rings. The fourth-order valence-corrected chi connectivity index (χ4v) is 2.44. The zero-order valence-corrected chi connectivity index (χ0v) is 12.7. The van der Waals surface area contributed by atoms with Crippen LogP contribution >= 0.6 is 15.9 Å². The molecule has 1 aromatic rings. The summed E-state index contributed by atoms with van der Waals surface area (Å²) in [6.07, 6.45) is 8.30. The van der Waals surface area contributed by atoms with Crippen LogP contribution < -0.4 is 5.73 Å². The first-order chi connectivity index (χ1) is 8.65. The smallest absolute Gasteiger partial charge is 0.129 e. The first-order valence-corrected chi connectivity index (χ1v) is 7.65. The van der Waals surface area contributed by atoms with Gasteiger partial charge in [-0.05, 0) is 18.6 Å². The maximum atomic E-state index is 13.7. The van der Waals surface area contributed by atoms with Gasteiger partial charge in [0.05, 0.1) is 0 Å². The third-order valence-electron chi connectivity index (χ3n) is 3.23. The van der Waals surface area contributed by atoms with Crippen LogP contribution in [0.25, 0.3) is 0 Å². The molecule has 0 spiro atoms. The molecule has 0 bridgehead atoms. The standard InChI is InChI=1S/C15H23BrFN/c1-2-3-4-5-6-7-8-15(18)13-10-9-12(16)11-14(13)17/h9-11,15H,2-8,18H2,1H3. The van der Waals surface area contributed by atoms with Gasteiger partial charge in [0.2, 0.25) is 0 Å². The minimum absolute atomic E-state index is 0.177. The Balaban J connectivity index is 2.29. The highest BCUT2D eigenvalue weighted by Crippen LogP contribution is 2.23. The molecule has 0 amide bonds. The zero-order valence-electron chi connectivity index (χ0n) is 11.1. The second-order valence-corrected chi connectivity index (χ2v) is 5.74. The highest BCUT2D eigenvalue weighted by atomic mass is 79.9. The topological polar surface area (TPSA) is 26.0 Å². The van der Waals surface area contributed by atoms with Crippen molar-refractivity contribution < 1.29 is 4.39 Å². The number of halogens is 2. The molecule has 1 aromatic carbocycles. The average molecular weight is 316 g/mol. The van der Waals surface area contributed by atoms with Gasteiger partial charge >= 0.3 is 0 Å². The highest BCUT2D eigenvalue weighted by molar-refractivity contribution is 9.10. The number of unbranched alkanes of at least 4 members (excludes halogenated alkanes) is 5. The van der Waals surface area contributed by atoms with Crippen molar-refractivity contribution in [2.24, 2.45) is 5.73 Å². The molecule has 102 valence electrons. The molecule has 0 heterocycles. The van der Waals surface area contributed by atoms with E-state index in [9.17, 15) is 4.39 Å². The van der Waals surface area contributed by atoms with Crippen molar-refractivity contribution in [3.63, 3.8) is 0 Å². The molecule has 0 saturated heterocycles. The van der Waals surface area contributed by atoms with E-state index in [1.165, 1.54) is 38.2 Å². The van der Waals surface area contributed by atoms with Crippen molar-refractivity contribution in [2.75, 3.05) is 0 Å². The third-order valence-corrected chi connectivity index (χ3v) is 3.72. The average Bonchev–Trinajstić information content (AvgIpc) is 2.33. The van der Waals surface area contributed by atoms with E-state index in [-0.39, 0.29) is 11.9 Å².